The fourth-order valence-electron chi connectivity index (χ4n) is 0.752. The molecule has 0 radical (unpaired) electrons. The van der Waals surface area contributed by atoms with Crippen LogP contribution in [0.15, 0.2) is 0 Å². The molecule has 0 aromatic heterocycles. The van der Waals surface area contributed by atoms with Crippen LogP contribution in [0.4, 0.5) is 4.79 Å². The van der Waals surface area contributed by atoms with Gasteiger partial charge in [-0.15, -0.1) is 0 Å². The maximum atomic E-state index is 10.5. The normalized spacial score (nSPS) is 33.8. The Hall–Kier alpha value is -0.730. The van der Waals surface area contributed by atoms with Crippen molar-refractivity contribution >= 4 is 6.09 Å². The Labute approximate surface area is 54.4 Å². The van der Waals surface area contributed by atoms with E-state index in [9.17, 15) is 4.79 Å². The van der Waals surface area contributed by atoms with Crippen LogP contribution in [0.2, 0.25) is 0 Å². The molecule has 52 valence electrons. The quantitative estimate of drug-likeness (QED) is 0.571. The molecule has 1 saturated heterocycles. The monoisotopic (exact) mass is 129 g/mol. The first-order valence-electron chi connectivity index (χ1n) is 3.13. The van der Waals surface area contributed by atoms with Crippen LogP contribution >= 0.6 is 0 Å². The summed E-state index contributed by atoms with van der Waals surface area (Å²) in [6.45, 7) is 4.56. The van der Waals surface area contributed by atoms with Crippen LogP contribution < -0.4 is 5.32 Å². The van der Waals surface area contributed by atoms with Gasteiger partial charge < -0.3 is 10.1 Å². The van der Waals surface area contributed by atoms with E-state index in [1.54, 1.807) is 0 Å². The van der Waals surface area contributed by atoms with Gasteiger partial charge in [-0.25, -0.2) is 4.79 Å². The lowest BCUT2D eigenvalue weighted by Crippen LogP contribution is -2.27. The molecule has 1 aliphatic rings. The smallest absolute Gasteiger partial charge is 0.407 e. The lowest BCUT2D eigenvalue weighted by atomic mass is 10.1. The summed E-state index contributed by atoms with van der Waals surface area (Å²) in [5.41, 5.74) is -0.253. The van der Waals surface area contributed by atoms with Crippen molar-refractivity contribution in [1.29, 1.82) is 0 Å². The fraction of sp³-hybridized carbons (Fsp3) is 0.833. The minimum atomic E-state index is -0.292. The van der Waals surface area contributed by atoms with E-state index >= 15 is 0 Å². The van der Waals surface area contributed by atoms with Gasteiger partial charge in [0, 0.05) is 0 Å². The second-order valence-corrected chi connectivity index (χ2v) is 2.55. The fourth-order valence-corrected chi connectivity index (χ4v) is 0.752. The molecule has 1 heterocycles. The number of ether oxygens (including phenoxy) is 1. The van der Waals surface area contributed by atoms with E-state index in [4.69, 9.17) is 4.74 Å². The summed E-state index contributed by atoms with van der Waals surface area (Å²) in [7, 11) is 0. The van der Waals surface area contributed by atoms with E-state index in [0.29, 0.717) is 6.54 Å². The average Bonchev–Trinajstić information content (AvgIpc) is 2.13. The summed E-state index contributed by atoms with van der Waals surface area (Å²) in [5, 5.41) is 2.60. The SMILES string of the molecule is CC[C@@]1(C)CNC(=O)O1. The number of hydrogen-bond donors (Lipinski definition) is 1. The number of cyclic esters (lactones) is 1. The van der Waals surface area contributed by atoms with Gasteiger partial charge in [0.15, 0.2) is 0 Å². The van der Waals surface area contributed by atoms with Crippen molar-refractivity contribution in [1.82, 2.24) is 5.32 Å². The first-order valence-corrected chi connectivity index (χ1v) is 3.13. The predicted molar refractivity (Wildman–Crippen MR) is 33.2 cm³/mol. The highest BCUT2D eigenvalue weighted by Gasteiger charge is 2.33. The molecule has 0 aromatic carbocycles. The minimum absolute atomic E-state index is 0.253. The Balaban J connectivity index is 2.54. The summed E-state index contributed by atoms with van der Waals surface area (Å²) in [5.74, 6) is 0. The summed E-state index contributed by atoms with van der Waals surface area (Å²) in [6.07, 6.45) is 0.575. The highest BCUT2D eigenvalue weighted by atomic mass is 16.6. The number of rotatable bonds is 1. The summed E-state index contributed by atoms with van der Waals surface area (Å²) >= 11 is 0. The van der Waals surface area contributed by atoms with Gasteiger partial charge in [0.2, 0.25) is 0 Å². The van der Waals surface area contributed by atoms with Crippen molar-refractivity contribution in [2.24, 2.45) is 0 Å². The highest BCUT2D eigenvalue weighted by Crippen LogP contribution is 2.18. The molecular weight excluding hydrogens is 118 g/mol. The van der Waals surface area contributed by atoms with Crippen molar-refractivity contribution < 1.29 is 9.53 Å². The molecule has 1 aliphatic heterocycles. The molecule has 1 atom stereocenters. The Kier molecular flexibility index (Phi) is 1.35. The van der Waals surface area contributed by atoms with Crippen molar-refractivity contribution in [2.75, 3.05) is 6.54 Å². The summed E-state index contributed by atoms with van der Waals surface area (Å²) < 4.78 is 4.95. The number of amides is 1. The van der Waals surface area contributed by atoms with E-state index in [-0.39, 0.29) is 11.7 Å². The maximum Gasteiger partial charge on any atom is 0.407 e. The molecule has 0 aromatic rings. The zero-order valence-corrected chi connectivity index (χ0v) is 5.73. The Morgan fingerprint density at radius 2 is 2.56 bits per heavy atom. The molecular formula is C6H11NO2. The molecule has 1 N–H and O–H groups in total. The Bertz CT molecular complexity index is 135. The zero-order valence-electron chi connectivity index (χ0n) is 5.73. The number of hydrogen-bond acceptors (Lipinski definition) is 2. The first-order chi connectivity index (χ1) is 4.16. The van der Waals surface area contributed by atoms with E-state index < -0.39 is 0 Å². The van der Waals surface area contributed by atoms with E-state index in [0.717, 1.165) is 6.42 Å². The Morgan fingerprint density at radius 1 is 1.89 bits per heavy atom. The van der Waals surface area contributed by atoms with Crippen LogP contribution in [-0.4, -0.2) is 18.2 Å². The van der Waals surface area contributed by atoms with Gasteiger partial charge in [0.05, 0.1) is 6.54 Å². The van der Waals surface area contributed by atoms with Crippen molar-refractivity contribution in [3.63, 3.8) is 0 Å². The second-order valence-electron chi connectivity index (χ2n) is 2.55. The van der Waals surface area contributed by atoms with Crippen LogP contribution in [0.3, 0.4) is 0 Å². The summed E-state index contributed by atoms with van der Waals surface area (Å²) in [4.78, 5) is 10.5. The van der Waals surface area contributed by atoms with Crippen LogP contribution in [0.1, 0.15) is 20.3 Å². The lowest BCUT2D eigenvalue weighted by Gasteiger charge is -2.17. The number of carbonyl (C=O) groups is 1. The van der Waals surface area contributed by atoms with Crippen molar-refractivity contribution in [3.8, 4) is 0 Å². The molecule has 0 aliphatic carbocycles. The van der Waals surface area contributed by atoms with Gasteiger partial charge in [-0.2, -0.15) is 0 Å². The third-order valence-corrected chi connectivity index (χ3v) is 1.69. The van der Waals surface area contributed by atoms with Gasteiger partial charge in [-0.05, 0) is 13.3 Å². The molecule has 3 heteroatoms. The van der Waals surface area contributed by atoms with E-state index in [1.807, 2.05) is 13.8 Å². The molecule has 0 unspecified atom stereocenters. The highest BCUT2D eigenvalue weighted by molar-refractivity contribution is 5.70. The topological polar surface area (TPSA) is 38.3 Å². The molecule has 9 heavy (non-hydrogen) atoms. The van der Waals surface area contributed by atoms with Gasteiger partial charge in [-0.3, -0.25) is 0 Å². The lowest BCUT2D eigenvalue weighted by molar-refractivity contribution is 0.0691. The van der Waals surface area contributed by atoms with Crippen LogP contribution in [-0.2, 0) is 4.74 Å². The van der Waals surface area contributed by atoms with E-state index in [2.05, 4.69) is 5.32 Å². The van der Waals surface area contributed by atoms with Crippen molar-refractivity contribution in [3.05, 3.63) is 0 Å². The molecule has 1 rings (SSSR count). The first kappa shape index (κ1) is 6.39. The third-order valence-electron chi connectivity index (χ3n) is 1.69. The van der Waals surface area contributed by atoms with Gasteiger partial charge in [0.25, 0.3) is 0 Å². The number of carbonyl (C=O) groups excluding carboxylic acids is 1. The molecule has 0 bridgehead atoms. The predicted octanol–water partition coefficient (Wildman–Crippen LogP) is 0.895. The summed E-state index contributed by atoms with van der Waals surface area (Å²) in [6, 6.07) is 0. The molecule has 3 nitrogen and oxygen atoms in total. The van der Waals surface area contributed by atoms with Gasteiger partial charge in [0.1, 0.15) is 5.60 Å². The van der Waals surface area contributed by atoms with Crippen LogP contribution in [0.25, 0.3) is 0 Å². The third kappa shape index (κ3) is 1.15. The van der Waals surface area contributed by atoms with Gasteiger partial charge in [-0.1, -0.05) is 6.92 Å². The Morgan fingerprint density at radius 3 is 2.78 bits per heavy atom. The van der Waals surface area contributed by atoms with Crippen molar-refractivity contribution in [2.45, 2.75) is 25.9 Å². The average molecular weight is 129 g/mol. The minimum Gasteiger partial charge on any atom is -0.441 e. The largest absolute Gasteiger partial charge is 0.441 e. The molecule has 1 fully saturated rings. The maximum absolute atomic E-state index is 10.5. The van der Waals surface area contributed by atoms with Gasteiger partial charge >= 0.3 is 6.09 Å². The number of nitrogens with one attached hydrogen (secondary N) is 1. The molecule has 1 amide bonds. The number of alkyl carbamates (subject to hydrolysis) is 1. The molecule has 0 saturated carbocycles. The standard InChI is InChI=1S/C6H11NO2/c1-3-6(2)4-7-5(8)9-6/h3-4H2,1-2H3,(H,7,8)/t6-/m0/s1. The zero-order chi connectivity index (χ0) is 6.91. The second kappa shape index (κ2) is 1.90. The van der Waals surface area contributed by atoms with E-state index in [1.165, 1.54) is 0 Å². The van der Waals surface area contributed by atoms with Crippen LogP contribution in [0, 0.1) is 0 Å². The molecule has 0 spiro atoms. The van der Waals surface area contributed by atoms with Crippen LogP contribution in [0.5, 0.6) is 0 Å².